The number of halogens is 1. The number of thioether (sulfide) groups is 1. The molecular formula is C15H17FN4O3S. The molecule has 0 aliphatic heterocycles. The number of amides is 1. The van der Waals surface area contributed by atoms with Crippen LogP contribution in [0, 0.1) is 12.7 Å². The summed E-state index contributed by atoms with van der Waals surface area (Å²) in [5, 5.41) is 6.73. The van der Waals surface area contributed by atoms with Gasteiger partial charge >= 0.3 is 0 Å². The van der Waals surface area contributed by atoms with Crippen LogP contribution >= 0.6 is 11.8 Å². The summed E-state index contributed by atoms with van der Waals surface area (Å²) >= 11 is 1.41. The molecule has 0 unspecified atom stereocenters. The Bertz CT molecular complexity index is 838. The van der Waals surface area contributed by atoms with Crippen LogP contribution in [0.5, 0.6) is 0 Å². The molecule has 0 spiro atoms. The van der Waals surface area contributed by atoms with E-state index < -0.39 is 17.3 Å². The van der Waals surface area contributed by atoms with Crippen LogP contribution in [0.4, 0.5) is 15.8 Å². The van der Waals surface area contributed by atoms with Gasteiger partial charge in [-0.2, -0.15) is 5.10 Å². The molecule has 7 nitrogen and oxygen atoms in total. The summed E-state index contributed by atoms with van der Waals surface area (Å²) in [5.74, 6) is -1.15. The van der Waals surface area contributed by atoms with Crippen molar-refractivity contribution in [2.45, 2.75) is 11.8 Å². The van der Waals surface area contributed by atoms with E-state index in [2.05, 4.69) is 20.7 Å². The predicted molar refractivity (Wildman–Crippen MR) is 90.2 cm³/mol. The maximum Gasteiger partial charge on any atom is 0.297 e. The van der Waals surface area contributed by atoms with Gasteiger partial charge in [0, 0.05) is 17.5 Å². The Labute approximate surface area is 142 Å². The number of hydroxylamine groups is 1. The Morgan fingerprint density at radius 1 is 1.42 bits per heavy atom. The molecule has 1 aromatic carbocycles. The monoisotopic (exact) mass is 352 g/mol. The number of nitrogens with one attached hydrogen (secondary N) is 2. The van der Waals surface area contributed by atoms with Crippen molar-refractivity contribution in [3.63, 3.8) is 0 Å². The van der Waals surface area contributed by atoms with Gasteiger partial charge < -0.3 is 5.32 Å². The number of anilines is 2. The zero-order valence-corrected chi connectivity index (χ0v) is 14.5. The van der Waals surface area contributed by atoms with E-state index in [1.807, 2.05) is 6.26 Å². The van der Waals surface area contributed by atoms with Crippen LogP contribution in [0.3, 0.4) is 0 Å². The number of hydrogen-bond donors (Lipinski definition) is 2. The zero-order valence-electron chi connectivity index (χ0n) is 13.6. The number of aryl methyl sites for hydroxylation is 1. The molecule has 2 rings (SSSR count). The van der Waals surface area contributed by atoms with Crippen LogP contribution in [0.25, 0.3) is 0 Å². The van der Waals surface area contributed by atoms with Crippen molar-refractivity contribution in [2.24, 2.45) is 7.05 Å². The molecule has 0 bridgehead atoms. The molecule has 9 heteroatoms. The van der Waals surface area contributed by atoms with Crippen molar-refractivity contribution < 1.29 is 14.0 Å². The first kappa shape index (κ1) is 18.0. The highest BCUT2D eigenvalue weighted by Gasteiger charge is 2.20. The molecular weight excluding hydrogens is 335 g/mol. The topological polar surface area (TPSA) is 85.2 Å². The standard InChI is InChI=1S/C15H17FN4O3S/c1-8-12(17-11-6-5-9(24-4)7-10(11)16)13(14(21)19-23-3)18-20(2)15(8)22/h5-7,17H,1-4H3,(H,19,21). The fourth-order valence-electron chi connectivity index (χ4n) is 2.08. The second-order valence-electron chi connectivity index (χ2n) is 4.88. The Kier molecular flexibility index (Phi) is 5.58. The van der Waals surface area contributed by atoms with E-state index in [0.717, 1.165) is 9.58 Å². The third kappa shape index (κ3) is 3.57. The van der Waals surface area contributed by atoms with E-state index in [1.165, 1.54) is 45.0 Å². The van der Waals surface area contributed by atoms with E-state index in [4.69, 9.17) is 0 Å². The SMILES string of the molecule is CONC(=O)c1nn(C)c(=O)c(C)c1Nc1ccc(SC)cc1F. The van der Waals surface area contributed by atoms with Crippen molar-refractivity contribution in [3.8, 4) is 0 Å². The second kappa shape index (κ2) is 7.45. The number of hydrogen-bond acceptors (Lipinski definition) is 6. The minimum atomic E-state index is -0.653. The van der Waals surface area contributed by atoms with Gasteiger partial charge in [-0.25, -0.2) is 14.6 Å². The third-order valence-corrected chi connectivity index (χ3v) is 4.05. The van der Waals surface area contributed by atoms with Crippen molar-refractivity contribution in [2.75, 3.05) is 18.7 Å². The fourth-order valence-corrected chi connectivity index (χ4v) is 2.51. The number of nitrogens with zero attached hydrogens (tertiary/aromatic N) is 2. The predicted octanol–water partition coefficient (Wildman–Crippen LogP) is 1.98. The number of carbonyl (C=O) groups is 1. The van der Waals surface area contributed by atoms with Crippen LogP contribution in [0.2, 0.25) is 0 Å². The summed E-state index contributed by atoms with van der Waals surface area (Å²) in [6.07, 6.45) is 1.84. The Morgan fingerprint density at radius 3 is 2.71 bits per heavy atom. The zero-order chi connectivity index (χ0) is 17.9. The minimum absolute atomic E-state index is 0.0789. The molecule has 0 atom stereocenters. The first-order chi connectivity index (χ1) is 11.4. The Hall–Kier alpha value is -2.39. The van der Waals surface area contributed by atoms with Gasteiger partial charge in [0.15, 0.2) is 5.69 Å². The highest BCUT2D eigenvalue weighted by atomic mass is 32.2. The molecule has 0 aliphatic rings. The van der Waals surface area contributed by atoms with Gasteiger partial charge in [0.25, 0.3) is 11.5 Å². The summed E-state index contributed by atoms with van der Waals surface area (Å²) in [6, 6.07) is 4.64. The lowest BCUT2D eigenvalue weighted by molar-refractivity contribution is 0.0531. The van der Waals surface area contributed by atoms with Gasteiger partial charge in [0.2, 0.25) is 0 Å². The smallest absolute Gasteiger partial charge is 0.297 e. The Morgan fingerprint density at radius 2 is 2.12 bits per heavy atom. The van der Waals surface area contributed by atoms with E-state index in [0.29, 0.717) is 0 Å². The van der Waals surface area contributed by atoms with Crippen LogP contribution in [-0.4, -0.2) is 29.1 Å². The highest BCUT2D eigenvalue weighted by molar-refractivity contribution is 7.98. The minimum Gasteiger partial charge on any atom is -0.351 e. The lowest BCUT2D eigenvalue weighted by Gasteiger charge is -2.15. The molecule has 0 radical (unpaired) electrons. The van der Waals surface area contributed by atoms with Crippen molar-refractivity contribution in [1.82, 2.24) is 15.3 Å². The van der Waals surface area contributed by atoms with Crippen LogP contribution in [0.1, 0.15) is 16.1 Å². The van der Waals surface area contributed by atoms with Gasteiger partial charge in [-0.15, -0.1) is 11.8 Å². The number of rotatable bonds is 5. The molecule has 1 amide bonds. The number of carbonyl (C=O) groups excluding carboxylic acids is 1. The summed E-state index contributed by atoms with van der Waals surface area (Å²) < 4.78 is 15.3. The average Bonchev–Trinajstić information content (AvgIpc) is 2.56. The molecule has 128 valence electrons. The molecule has 1 heterocycles. The third-order valence-electron chi connectivity index (χ3n) is 3.32. The van der Waals surface area contributed by atoms with E-state index in [-0.39, 0.29) is 22.6 Å². The van der Waals surface area contributed by atoms with Crippen LogP contribution in [-0.2, 0) is 11.9 Å². The summed E-state index contributed by atoms with van der Waals surface area (Å²) in [6.45, 7) is 1.53. The second-order valence-corrected chi connectivity index (χ2v) is 5.76. The van der Waals surface area contributed by atoms with Crippen LogP contribution in [0.15, 0.2) is 27.9 Å². The molecule has 2 aromatic rings. The Balaban J connectivity index is 2.54. The first-order valence-electron chi connectivity index (χ1n) is 6.90. The van der Waals surface area contributed by atoms with Gasteiger partial charge in [-0.1, -0.05) is 0 Å². The molecule has 0 saturated carbocycles. The van der Waals surface area contributed by atoms with Gasteiger partial charge in [-0.3, -0.25) is 14.4 Å². The average molecular weight is 352 g/mol. The van der Waals surface area contributed by atoms with Crippen molar-refractivity contribution >= 4 is 29.0 Å². The van der Waals surface area contributed by atoms with Crippen molar-refractivity contribution in [1.29, 1.82) is 0 Å². The number of aromatic nitrogens is 2. The summed E-state index contributed by atoms with van der Waals surface area (Å²) in [5.41, 5.74) is 2.17. The maximum absolute atomic E-state index is 14.2. The molecule has 0 fully saturated rings. The van der Waals surface area contributed by atoms with Crippen LogP contribution < -0.4 is 16.4 Å². The normalized spacial score (nSPS) is 10.5. The van der Waals surface area contributed by atoms with Gasteiger partial charge in [0.05, 0.1) is 18.5 Å². The lowest BCUT2D eigenvalue weighted by Crippen LogP contribution is -2.31. The number of benzene rings is 1. The summed E-state index contributed by atoms with van der Waals surface area (Å²) in [4.78, 5) is 29.6. The molecule has 2 N–H and O–H groups in total. The lowest BCUT2D eigenvalue weighted by atomic mass is 10.2. The van der Waals surface area contributed by atoms with Crippen molar-refractivity contribution in [3.05, 3.63) is 45.6 Å². The van der Waals surface area contributed by atoms with E-state index >= 15 is 0 Å². The maximum atomic E-state index is 14.2. The molecule has 24 heavy (non-hydrogen) atoms. The van der Waals surface area contributed by atoms with Gasteiger partial charge in [0.1, 0.15) is 5.82 Å². The largest absolute Gasteiger partial charge is 0.351 e. The van der Waals surface area contributed by atoms with Gasteiger partial charge in [-0.05, 0) is 31.4 Å². The fraction of sp³-hybridized carbons (Fsp3) is 0.267. The molecule has 1 aromatic heterocycles. The summed E-state index contributed by atoms with van der Waals surface area (Å²) in [7, 11) is 2.71. The molecule has 0 aliphatic carbocycles. The highest BCUT2D eigenvalue weighted by Crippen LogP contribution is 2.26. The van der Waals surface area contributed by atoms with E-state index in [9.17, 15) is 14.0 Å². The molecule has 0 saturated heterocycles. The first-order valence-corrected chi connectivity index (χ1v) is 8.13. The van der Waals surface area contributed by atoms with E-state index in [1.54, 1.807) is 6.07 Å². The quantitative estimate of drug-likeness (QED) is 0.632.